The van der Waals surface area contributed by atoms with E-state index in [1.165, 1.54) is 0 Å². The molecule has 0 atom stereocenters. The molecule has 86 valence electrons. The third-order valence-electron chi connectivity index (χ3n) is 2.94. The summed E-state index contributed by atoms with van der Waals surface area (Å²) in [5.74, 6) is 0.0160. The van der Waals surface area contributed by atoms with Gasteiger partial charge in [0.25, 0.3) is 5.91 Å². The summed E-state index contributed by atoms with van der Waals surface area (Å²) in [7, 11) is 0. The van der Waals surface area contributed by atoms with Crippen LogP contribution >= 0.6 is 23.2 Å². The highest BCUT2D eigenvalue weighted by molar-refractivity contribution is 6.38. The predicted octanol–water partition coefficient (Wildman–Crippen LogP) is 3.54. The first kappa shape index (κ1) is 11.7. The maximum Gasteiger partial charge on any atom is 0.255 e. The van der Waals surface area contributed by atoms with Gasteiger partial charge in [-0.05, 0) is 37.5 Å². The van der Waals surface area contributed by atoms with Crippen LogP contribution in [0.3, 0.4) is 0 Å². The molecule has 0 saturated carbocycles. The van der Waals surface area contributed by atoms with Crippen LogP contribution in [0, 0.1) is 6.92 Å². The van der Waals surface area contributed by atoms with E-state index in [0.29, 0.717) is 15.6 Å². The number of carbonyl (C=O) groups excluding carboxylic acids is 1. The summed E-state index contributed by atoms with van der Waals surface area (Å²) >= 11 is 12.1. The summed E-state index contributed by atoms with van der Waals surface area (Å²) in [6.07, 6.45) is 2.16. The Bertz CT molecular complexity index is 425. The Labute approximate surface area is 105 Å². The number of hydrogen-bond donors (Lipinski definition) is 0. The van der Waals surface area contributed by atoms with Crippen molar-refractivity contribution in [1.29, 1.82) is 0 Å². The summed E-state index contributed by atoms with van der Waals surface area (Å²) < 4.78 is 0. The molecule has 1 aliphatic rings. The molecular formula is C12H13Cl2NO. The summed E-state index contributed by atoms with van der Waals surface area (Å²) in [6.45, 7) is 3.49. The molecule has 1 amide bonds. The fourth-order valence-corrected chi connectivity index (χ4v) is 2.37. The minimum atomic E-state index is 0.0160. The van der Waals surface area contributed by atoms with Crippen molar-refractivity contribution < 1.29 is 4.79 Å². The van der Waals surface area contributed by atoms with E-state index in [1.807, 2.05) is 11.8 Å². The van der Waals surface area contributed by atoms with Crippen LogP contribution in [0.2, 0.25) is 10.0 Å². The molecule has 0 bridgehead atoms. The number of hydrogen-bond acceptors (Lipinski definition) is 1. The van der Waals surface area contributed by atoms with Crippen molar-refractivity contribution in [2.75, 3.05) is 13.1 Å². The van der Waals surface area contributed by atoms with Gasteiger partial charge in [0.2, 0.25) is 0 Å². The molecule has 1 aromatic rings. The SMILES string of the molecule is Cc1c(Cl)ccc(C(=O)N2CCCC2)c1Cl. The van der Waals surface area contributed by atoms with E-state index < -0.39 is 0 Å². The van der Waals surface area contributed by atoms with Gasteiger partial charge < -0.3 is 4.90 Å². The highest BCUT2D eigenvalue weighted by atomic mass is 35.5. The Morgan fingerprint density at radius 1 is 1.25 bits per heavy atom. The monoisotopic (exact) mass is 257 g/mol. The van der Waals surface area contributed by atoms with Crippen molar-refractivity contribution >= 4 is 29.1 Å². The minimum Gasteiger partial charge on any atom is -0.339 e. The molecule has 16 heavy (non-hydrogen) atoms. The quantitative estimate of drug-likeness (QED) is 0.754. The van der Waals surface area contributed by atoms with Crippen LogP contribution in [-0.2, 0) is 0 Å². The number of amides is 1. The molecule has 0 unspecified atom stereocenters. The number of rotatable bonds is 1. The number of carbonyl (C=O) groups is 1. The standard InChI is InChI=1S/C12H13Cl2NO/c1-8-10(13)5-4-9(11(8)14)12(16)15-6-2-3-7-15/h4-5H,2-3,6-7H2,1H3. The van der Waals surface area contributed by atoms with E-state index in [9.17, 15) is 4.79 Å². The number of benzene rings is 1. The molecule has 1 saturated heterocycles. The maximum absolute atomic E-state index is 12.1. The Morgan fingerprint density at radius 3 is 2.50 bits per heavy atom. The normalized spacial score (nSPS) is 15.6. The first-order chi connectivity index (χ1) is 7.61. The lowest BCUT2D eigenvalue weighted by Crippen LogP contribution is -2.27. The first-order valence-electron chi connectivity index (χ1n) is 5.35. The van der Waals surface area contributed by atoms with Gasteiger partial charge in [0.15, 0.2) is 0 Å². The lowest BCUT2D eigenvalue weighted by molar-refractivity contribution is 0.0793. The van der Waals surface area contributed by atoms with Crippen molar-refractivity contribution in [3.8, 4) is 0 Å². The van der Waals surface area contributed by atoms with Gasteiger partial charge in [0.1, 0.15) is 0 Å². The van der Waals surface area contributed by atoms with E-state index in [-0.39, 0.29) is 5.91 Å². The van der Waals surface area contributed by atoms with Crippen LogP contribution in [0.4, 0.5) is 0 Å². The van der Waals surface area contributed by atoms with Gasteiger partial charge in [0.05, 0.1) is 10.6 Å². The number of likely N-dealkylation sites (tertiary alicyclic amines) is 1. The molecule has 1 fully saturated rings. The largest absolute Gasteiger partial charge is 0.339 e. The second kappa shape index (κ2) is 4.64. The fraction of sp³-hybridized carbons (Fsp3) is 0.417. The van der Waals surface area contributed by atoms with Crippen LogP contribution < -0.4 is 0 Å². The van der Waals surface area contributed by atoms with Crippen molar-refractivity contribution in [2.24, 2.45) is 0 Å². The molecule has 0 radical (unpaired) electrons. The van der Waals surface area contributed by atoms with Gasteiger partial charge >= 0.3 is 0 Å². The number of halogens is 2. The lowest BCUT2D eigenvalue weighted by Gasteiger charge is -2.17. The Hall–Kier alpha value is -0.730. The van der Waals surface area contributed by atoms with Gasteiger partial charge in [-0.25, -0.2) is 0 Å². The lowest BCUT2D eigenvalue weighted by atomic mass is 10.1. The van der Waals surface area contributed by atoms with Crippen molar-refractivity contribution in [3.05, 3.63) is 33.3 Å². The molecule has 4 heteroatoms. The summed E-state index contributed by atoms with van der Waals surface area (Å²) in [5, 5.41) is 1.08. The zero-order chi connectivity index (χ0) is 11.7. The molecule has 0 aromatic heterocycles. The van der Waals surface area contributed by atoms with E-state index in [1.54, 1.807) is 12.1 Å². The van der Waals surface area contributed by atoms with Crippen molar-refractivity contribution in [3.63, 3.8) is 0 Å². The van der Waals surface area contributed by atoms with Crippen LogP contribution in [0.5, 0.6) is 0 Å². The molecule has 0 aliphatic carbocycles. The van der Waals surface area contributed by atoms with Crippen LogP contribution in [0.1, 0.15) is 28.8 Å². The smallest absolute Gasteiger partial charge is 0.255 e. The molecule has 1 aromatic carbocycles. The Morgan fingerprint density at radius 2 is 1.88 bits per heavy atom. The van der Waals surface area contributed by atoms with E-state index >= 15 is 0 Å². The predicted molar refractivity (Wildman–Crippen MR) is 66.3 cm³/mol. The van der Waals surface area contributed by atoms with Crippen molar-refractivity contribution in [1.82, 2.24) is 4.90 Å². The second-order valence-corrected chi connectivity index (χ2v) is 4.82. The van der Waals surface area contributed by atoms with Crippen LogP contribution in [0.15, 0.2) is 12.1 Å². The van der Waals surface area contributed by atoms with E-state index in [4.69, 9.17) is 23.2 Å². The average Bonchev–Trinajstić information content (AvgIpc) is 2.79. The second-order valence-electron chi connectivity index (χ2n) is 4.03. The molecule has 2 rings (SSSR count). The zero-order valence-corrected chi connectivity index (χ0v) is 10.6. The molecule has 1 aliphatic heterocycles. The maximum atomic E-state index is 12.1. The van der Waals surface area contributed by atoms with Gasteiger partial charge in [-0.3, -0.25) is 4.79 Å². The van der Waals surface area contributed by atoms with Gasteiger partial charge in [-0.2, -0.15) is 0 Å². The highest BCUT2D eigenvalue weighted by Gasteiger charge is 2.22. The fourth-order valence-electron chi connectivity index (χ4n) is 1.92. The zero-order valence-electron chi connectivity index (χ0n) is 9.09. The summed E-state index contributed by atoms with van der Waals surface area (Å²) in [6, 6.07) is 3.43. The topological polar surface area (TPSA) is 20.3 Å². The third-order valence-corrected chi connectivity index (χ3v) is 3.84. The Balaban J connectivity index is 2.33. The summed E-state index contributed by atoms with van der Waals surface area (Å²) in [4.78, 5) is 14.0. The van der Waals surface area contributed by atoms with Gasteiger partial charge in [-0.1, -0.05) is 23.2 Å². The minimum absolute atomic E-state index is 0.0160. The molecule has 0 spiro atoms. The van der Waals surface area contributed by atoms with Gasteiger partial charge in [-0.15, -0.1) is 0 Å². The van der Waals surface area contributed by atoms with Gasteiger partial charge in [0, 0.05) is 18.1 Å². The van der Waals surface area contributed by atoms with E-state index in [0.717, 1.165) is 31.5 Å². The van der Waals surface area contributed by atoms with Crippen LogP contribution in [-0.4, -0.2) is 23.9 Å². The molecule has 1 heterocycles. The average molecular weight is 258 g/mol. The molecule has 2 nitrogen and oxygen atoms in total. The summed E-state index contributed by atoms with van der Waals surface area (Å²) in [5.41, 5.74) is 1.33. The van der Waals surface area contributed by atoms with E-state index in [2.05, 4.69) is 0 Å². The van der Waals surface area contributed by atoms with Crippen molar-refractivity contribution in [2.45, 2.75) is 19.8 Å². The first-order valence-corrected chi connectivity index (χ1v) is 6.10. The third kappa shape index (κ3) is 2.04. The number of nitrogens with zero attached hydrogens (tertiary/aromatic N) is 1. The molecule has 0 N–H and O–H groups in total. The highest BCUT2D eigenvalue weighted by Crippen LogP contribution is 2.28. The Kier molecular flexibility index (Phi) is 3.41. The molecular weight excluding hydrogens is 245 g/mol. The van der Waals surface area contributed by atoms with Crippen LogP contribution in [0.25, 0.3) is 0 Å².